The summed E-state index contributed by atoms with van der Waals surface area (Å²) < 4.78 is 48.2. The van der Waals surface area contributed by atoms with Crippen molar-refractivity contribution in [1.82, 2.24) is 14.5 Å². The molecule has 0 radical (unpaired) electrons. The van der Waals surface area contributed by atoms with Crippen LogP contribution in [0.4, 0.5) is 19.0 Å². The van der Waals surface area contributed by atoms with Gasteiger partial charge in [-0.05, 0) is 19.1 Å². The third-order valence-corrected chi connectivity index (χ3v) is 5.17. The molecule has 1 aliphatic rings. The molecule has 11 heteroatoms. The van der Waals surface area contributed by atoms with E-state index in [-0.39, 0.29) is 11.5 Å². The number of aliphatic hydroxyl groups excluding tert-OH is 2. The number of anilines is 1. The molecular weight excluding hydrogens is 393 g/mol. The molecule has 0 unspecified atom stereocenters. The van der Waals surface area contributed by atoms with Crippen molar-refractivity contribution in [3.63, 3.8) is 0 Å². The molecule has 0 saturated carbocycles. The maximum Gasteiger partial charge on any atom is 0.164 e. The summed E-state index contributed by atoms with van der Waals surface area (Å²) in [6.45, 7) is 1.16. The van der Waals surface area contributed by atoms with Crippen LogP contribution in [0.5, 0.6) is 0 Å². The standard InChI is InChI=1S/C18H17F3N4O4/c1-18(28)13(27)17(25-3-2-8-15(22)23-6-24-16(8)25)29-14(18)12(26)9-4-7(19)5-10(20)11(9)21/h2-6,12-14,17,26-28H,1H3,(H2,22,23,24)/t12-,13+,14-,17-,18+/m1/s1. The van der Waals surface area contributed by atoms with Gasteiger partial charge in [-0.1, -0.05) is 0 Å². The highest BCUT2D eigenvalue weighted by Gasteiger charge is 2.56. The lowest BCUT2D eigenvalue weighted by Crippen LogP contribution is -2.47. The van der Waals surface area contributed by atoms with Crippen molar-refractivity contribution in [3.8, 4) is 0 Å². The Labute approximate surface area is 162 Å². The summed E-state index contributed by atoms with van der Waals surface area (Å²) in [6.07, 6.45) is -3.76. The van der Waals surface area contributed by atoms with Gasteiger partial charge in [-0.2, -0.15) is 0 Å². The molecule has 5 atom stereocenters. The molecule has 5 N–H and O–H groups in total. The molecule has 0 aliphatic carbocycles. The van der Waals surface area contributed by atoms with Crippen LogP contribution in [0.15, 0.2) is 30.7 Å². The molecule has 4 rings (SSSR count). The van der Waals surface area contributed by atoms with Crippen LogP contribution in [0.1, 0.15) is 24.8 Å². The van der Waals surface area contributed by atoms with Crippen LogP contribution in [-0.4, -0.2) is 47.7 Å². The normalized spacial score (nSPS) is 28.2. The monoisotopic (exact) mass is 410 g/mol. The molecule has 0 amide bonds. The molecule has 1 saturated heterocycles. The Balaban J connectivity index is 1.74. The fraction of sp³-hybridized carbons (Fsp3) is 0.333. The minimum atomic E-state index is -2.10. The fourth-order valence-electron chi connectivity index (χ4n) is 3.58. The Kier molecular flexibility index (Phi) is 4.50. The molecule has 29 heavy (non-hydrogen) atoms. The average Bonchev–Trinajstić information content (AvgIpc) is 3.18. The first kappa shape index (κ1) is 19.6. The topological polar surface area (TPSA) is 127 Å². The molecular formula is C18H17F3N4O4. The van der Waals surface area contributed by atoms with Crippen LogP contribution in [0, 0.1) is 17.5 Å². The van der Waals surface area contributed by atoms with Crippen LogP contribution < -0.4 is 5.73 Å². The van der Waals surface area contributed by atoms with E-state index in [9.17, 15) is 28.5 Å². The van der Waals surface area contributed by atoms with Crippen molar-refractivity contribution in [2.24, 2.45) is 0 Å². The lowest BCUT2D eigenvalue weighted by atomic mass is 9.88. The Morgan fingerprint density at radius 1 is 1.28 bits per heavy atom. The van der Waals surface area contributed by atoms with Gasteiger partial charge in [0, 0.05) is 17.8 Å². The minimum Gasteiger partial charge on any atom is -0.385 e. The van der Waals surface area contributed by atoms with Crippen LogP contribution in [0.25, 0.3) is 11.0 Å². The predicted octanol–water partition coefficient (Wildman–Crippen LogP) is 1.17. The van der Waals surface area contributed by atoms with Crippen molar-refractivity contribution in [1.29, 1.82) is 0 Å². The molecule has 1 fully saturated rings. The van der Waals surface area contributed by atoms with Crippen molar-refractivity contribution < 1.29 is 33.2 Å². The average molecular weight is 410 g/mol. The van der Waals surface area contributed by atoms with E-state index in [0.717, 1.165) is 6.92 Å². The van der Waals surface area contributed by atoms with Crippen molar-refractivity contribution >= 4 is 16.9 Å². The van der Waals surface area contributed by atoms with Crippen molar-refractivity contribution in [2.75, 3.05) is 5.73 Å². The minimum absolute atomic E-state index is 0.182. The van der Waals surface area contributed by atoms with Crippen molar-refractivity contribution in [3.05, 3.63) is 53.7 Å². The molecule has 1 aromatic carbocycles. The van der Waals surface area contributed by atoms with Gasteiger partial charge in [0.05, 0.1) is 5.39 Å². The molecule has 1 aliphatic heterocycles. The highest BCUT2D eigenvalue weighted by molar-refractivity contribution is 5.86. The Hall–Kier alpha value is -2.73. The number of nitrogen functional groups attached to an aromatic ring is 1. The second-order valence-corrected chi connectivity index (χ2v) is 7.07. The quantitative estimate of drug-likeness (QED) is 0.478. The largest absolute Gasteiger partial charge is 0.385 e. The zero-order valence-electron chi connectivity index (χ0n) is 15.0. The van der Waals surface area contributed by atoms with E-state index < -0.39 is 53.2 Å². The number of hydrogen-bond donors (Lipinski definition) is 4. The fourth-order valence-corrected chi connectivity index (χ4v) is 3.58. The SMILES string of the molecule is C[C@@]1(O)[C@@H]([C@H](O)c2cc(F)cc(F)c2F)O[C@@H](n2ccc3c(N)ncnc32)[C@@H]1O. The summed E-state index contributed by atoms with van der Waals surface area (Å²) in [5.41, 5.74) is 3.22. The van der Waals surface area contributed by atoms with Gasteiger partial charge in [0.15, 0.2) is 17.9 Å². The highest BCUT2D eigenvalue weighted by atomic mass is 19.2. The van der Waals surface area contributed by atoms with Gasteiger partial charge in [0.1, 0.15) is 47.5 Å². The number of benzene rings is 1. The molecule has 0 spiro atoms. The zero-order valence-corrected chi connectivity index (χ0v) is 15.0. The van der Waals surface area contributed by atoms with Gasteiger partial charge in [-0.15, -0.1) is 0 Å². The third-order valence-electron chi connectivity index (χ3n) is 5.17. The second-order valence-electron chi connectivity index (χ2n) is 7.07. The summed E-state index contributed by atoms with van der Waals surface area (Å²) >= 11 is 0. The van der Waals surface area contributed by atoms with Gasteiger partial charge >= 0.3 is 0 Å². The maximum atomic E-state index is 14.1. The lowest BCUT2D eigenvalue weighted by molar-refractivity contribution is -0.115. The van der Waals surface area contributed by atoms with Gasteiger partial charge in [0.25, 0.3) is 0 Å². The van der Waals surface area contributed by atoms with E-state index >= 15 is 0 Å². The summed E-state index contributed by atoms with van der Waals surface area (Å²) in [5.74, 6) is -3.92. The first-order valence-electron chi connectivity index (χ1n) is 8.58. The molecule has 0 bridgehead atoms. The van der Waals surface area contributed by atoms with Crippen molar-refractivity contribution in [2.45, 2.75) is 37.1 Å². The van der Waals surface area contributed by atoms with E-state index in [0.29, 0.717) is 17.5 Å². The predicted molar refractivity (Wildman–Crippen MR) is 93.8 cm³/mol. The number of halogens is 3. The van der Waals surface area contributed by atoms with E-state index in [1.54, 1.807) is 6.07 Å². The van der Waals surface area contributed by atoms with Crippen LogP contribution in [0.2, 0.25) is 0 Å². The van der Waals surface area contributed by atoms with E-state index in [2.05, 4.69) is 9.97 Å². The summed E-state index contributed by atoms with van der Waals surface area (Å²) in [6, 6.07) is 2.50. The number of hydrogen-bond acceptors (Lipinski definition) is 7. The van der Waals surface area contributed by atoms with Crippen LogP contribution in [0.3, 0.4) is 0 Å². The molecule has 8 nitrogen and oxygen atoms in total. The van der Waals surface area contributed by atoms with E-state index in [1.165, 1.54) is 17.1 Å². The van der Waals surface area contributed by atoms with Crippen LogP contribution in [-0.2, 0) is 4.74 Å². The van der Waals surface area contributed by atoms with Gasteiger partial charge in [-0.25, -0.2) is 23.1 Å². The number of nitrogens with zero attached hydrogens (tertiary/aromatic N) is 3. The summed E-state index contributed by atoms with van der Waals surface area (Å²) in [7, 11) is 0. The number of ether oxygens (including phenoxy) is 1. The summed E-state index contributed by atoms with van der Waals surface area (Å²) in [5, 5.41) is 32.4. The highest BCUT2D eigenvalue weighted by Crippen LogP contribution is 2.44. The van der Waals surface area contributed by atoms with Gasteiger partial charge < -0.3 is 30.4 Å². The lowest BCUT2D eigenvalue weighted by Gasteiger charge is -2.29. The third kappa shape index (κ3) is 2.94. The zero-order chi connectivity index (χ0) is 21.1. The molecule has 2 aromatic heterocycles. The Morgan fingerprint density at radius 2 is 2.00 bits per heavy atom. The van der Waals surface area contributed by atoms with Gasteiger partial charge in [-0.3, -0.25) is 0 Å². The van der Waals surface area contributed by atoms with Gasteiger partial charge in [0.2, 0.25) is 0 Å². The Morgan fingerprint density at radius 3 is 2.72 bits per heavy atom. The molecule has 3 heterocycles. The second kappa shape index (κ2) is 6.66. The molecule has 154 valence electrons. The summed E-state index contributed by atoms with van der Waals surface area (Å²) in [4.78, 5) is 7.92. The smallest absolute Gasteiger partial charge is 0.164 e. The number of aromatic nitrogens is 3. The number of nitrogens with two attached hydrogens (primary N) is 1. The number of fused-ring (bicyclic) bond motifs is 1. The van der Waals surface area contributed by atoms with Crippen LogP contribution >= 0.6 is 0 Å². The number of aliphatic hydroxyl groups is 3. The first-order chi connectivity index (χ1) is 13.6. The first-order valence-corrected chi connectivity index (χ1v) is 8.58. The van der Waals surface area contributed by atoms with E-state index in [1.807, 2.05) is 0 Å². The maximum absolute atomic E-state index is 14.1. The Bertz CT molecular complexity index is 1090. The number of rotatable bonds is 3. The van der Waals surface area contributed by atoms with E-state index in [4.69, 9.17) is 10.5 Å². The molecule has 3 aromatic rings.